The Balaban J connectivity index is 1.29. The first kappa shape index (κ1) is 18.6. The van der Waals surface area contributed by atoms with Crippen LogP contribution in [0.25, 0.3) is 11.2 Å². The van der Waals surface area contributed by atoms with Gasteiger partial charge in [0.1, 0.15) is 6.33 Å². The first-order valence-corrected chi connectivity index (χ1v) is 10.2. The summed E-state index contributed by atoms with van der Waals surface area (Å²) in [5.41, 5.74) is 4.00. The van der Waals surface area contributed by atoms with E-state index in [0.717, 1.165) is 42.8 Å². The van der Waals surface area contributed by atoms with Gasteiger partial charge in [0.15, 0.2) is 17.2 Å². The smallest absolute Gasteiger partial charge is 0.199 e. The summed E-state index contributed by atoms with van der Waals surface area (Å²) in [6, 6.07) is 7.45. The van der Waals surface area contributed by atoms with E-state index in [1.54, 1.807) is 10.7 Å². The number of aliphatic imine (C=N–C) groups is 1. The lowest BCUT2D eigenvalue weighted by Crippen LogP contribution is -2.09. The second kappa shape index (κ2) is 8.16. The van der Waals surface area contributed by atoms with Crippen molar-refractivity contribution < 1.29 is 9.53 Å². The van der Waals surface area contributed by atoms with Crippen LogP contribution in [-0.4, -0.2) is 50.8 Å². The molecule has 1 unspecified atom stereocenters. The molecule has 2 aliphatic heterocycles. The Kier molecular flexibility index (Phi) is 5.06. The SMILES string of the molecule is O=C(CCC1CCCO1)c1ccc(Nc2ncc(C3=CCN=C3)n3ncnc23)cc1. The van der Waals surface area contributed by atoms with Crippen molar-refractivity contribution in [2.24, 2.45) is 4.99 Å². The standard InChI is InChI=1S/C22H22N6O2/c29-20(8-7-18-2-1-11-30-18)15-3-5-17(6-4-15)27-21-22-25-14-26-28(22)19(13-24-21)16-9-10-23-12-16/h3-6,9,12-14,18H,1-2,7-8,10-11H2,(H,24,27). The van der Waals surface area contributed by atoms with E-state index < -0.39 is 0 Å². The van der Waals surface area contributed by atoms with Gasteiger partial charge in [-0.2, -0.15) is 5.10 Å². The topological polar surface area (TPSA) is 93.8 Å². The van der Waals surface area contributed by atoms with Gasteiger partial charge in [-0.25, -0.2) is 14.5 Å². The third-order valence-corrected chi connectivity index (χ3v) is 5.43. The number of rotatable bonds is 7. The van der Waals surface area contributed by atoms with Gasteiger partial charge in [-0.15, -0.1) is 0 Å². The fraction of sp³-hybridized carbons (Fsp3) is 0.318. The van der Waals surface area contributed by atoms with Gasteiger partial charge in [0.25, 0.3) is 0 Å². The molecule has 1 saturated heterocycles. The highest BCUT2D eigenvalue weighted by molar-refractivity contribution is 6.11. The summed E-state index contributed by atoms with van der Waals surface area (Å²) in [6.45, 7) is 1.49. The Morgan fingerprint density at radius 2 is 2.13 bits per heavy atom. The normalized spacial score (nSPS) is 18.1. The van der Waals surface area contributed by atoms with Crippen molar-refractivity contribution in [1.29, 1.82) is 0 Å². The van der Waals surface area contributed by atoms with Gasteiger partial charge < -0.3 is 10.1 Å². The van der Waals surface area contributed by atoms with E-state index in [2.05, 4.69) is 25.4 Å². The largest absolute Gasteiger partial charge is 0.378 e. The molecule has 0 radical (unpaired) electrons. The van der Waals surface area contributed by atoms with Crippen molar-refractivity contribution >= 4 is 34.7 Å². The molecule has 4 heterocycles. The molecule has 8 nitrogen and oxygen atoms in total. The highest BCUT2D eigenvalue weighted by atomic mass is 16.5. The van der Waals surface area contributed by atoms with Crippen molar-refractivity contribution in [3.63, 3.8) is 0 Å². The number of ether oxygens (including phenoxy) is 1. The minimum Gasteiger partial charge on any atom is -0.378 e. The number of carbonyl (C=O) groups excluding carboxylic acids is 1. The molecule has 30 heavy (non-hydrogen) atoms. The maximum atomic E-state index is 12.4. The zero-order valence-electron chi connectivity index (χ0n) is 16.5. The van der Waals surface area contributed by atoms with Gasteiger partial charge in [0, 0.05) is 36.1 Å². The van der Waals surface area contributed by atoms with Crippen LogP contribution in [0.15, 0.2) is 47.9 Å². The number of anilines is 2. The van der Waals surface area contributed by atoms with E-state index in [4.69, 9.17) is 4.74 Å². The van der Waals surface area contributed by atoms with Crippen molar-refractivity contribution in [3.05, 3.63) is 54.1 Å². The highest BCUT2D eigenvalue weighted by Gasteiger charge is 2.18. The second-order valence-electron chi connectivity index (χ2n) is 7.44. The van der Waals surface area contributed by atoms with Crippen molar-refractivity contribution in [3.8, 4) is 0 Å². The van der Waals surface area contributed by atoms with Crippen LogP contribution in [0.5, 0.6) is 0 Å². The molecule has 0 bridgehead atoms. The lowest BCUT2D eigenvalue weighted by atomic mass is 10.0. The molecular weight excluding hydrogens is 380 g/mol. The number of carbonyl (C=O) groups is 1. The predicted octanol–water partition coefficient (Wildman–Crippen LogP) is 3.48. The minimum atomic E-state index is 0.144. The second-order valence-corrected chi connectivity index (χ2v) is 7.44. The van der Waals surface area contributed by atoms with Gasteiger partial charge in [0.05, 0.1) is 24.5 Å². The molecule has 5 rings (SSSR count). The predicted molar refractivity (Wildman–Crippen MR) is 114 cm³/mol. The Morgan fingerprint density at radius 1 is 1.23 bits per heavy atom. The van der Waals surface area contributed by atoms with Gasteiger partial charge in [0.2, 0.25) is 0 Å². The number of aromatic nitrogens is 4. The van der Waals surface area contributed by atoms with Crippen LogP contribution >= 0.6 is 0 Å². The Bertz CT molecular complexity index is 1130. The molecule has 0 amide bonds. The molecule has 2 aliphatic rings. The Labute approximate surface area is 173 Å². The summed E-state index contributed by atoms with van der Waals surface area (Å²) in [4.78, 5) is 25.5. The average molecular weight is 402 g/mol. The van der Waals surface area contributed by atoms with Crippen LogP contribution in [0.2, 0.25) is 0 Å². The molecule has 1 fully saturated rings. The molecule has 152 valence electrons. The number of allylic oxidation sites excluding steroid dienone is 1. The maximum absolute atomic E-state index is 12.4. The summed E-state index contributed by atoms with van der Waals surface area (Å²) < 4.78 is 7.35. The fourth-order valence-corrected chi connectivity index (χ4v) is 3.81. The summed E-state index contributed by atoms with van der Waals surface area (Å²) in [5, 5.41) is 7.60. The zero-order chi connectivity index (χ0) is 20.3. The van der Waals surface area contributed by atoms with Crippen molar-refractivity contribution in [1.82, 2.24) is 19.6 Å². The monoisotopic (exact) mass is 402 g/mol. The maximum Gasteiger partial charge on any atom is 0.199 e. The van der Waals surface area contributed by atoms with E-state index in [0.29, 0.717) is 30.0 Å². The molecule has 2 aromatic heterocycles. The van der Waals surface area contributed by atoms with E-state index in [1.807, 2.05) is 36.6 Å². The van der Waals surface area contributed by atoms with Crippen molar-refractivity contribution in [2.45, 2.75) is 31.8 Å². The molecule has 3 aromatic rings. The first-order valence-electron chi connectivity index (χ1n) is 10.2. The molecule has 0 aliphatic carbocycles. The molecule has 1 atom stereocenters. The summed E-state index contributed by atoms with van der Waals surface area (Å²) >= 11 is 0. The van der Waals surface area contributed by atoms with E-state index in [1.165, 1.54) is 6.33 Å². The molecule has 1 aromatic carbocycles. The Hall–Kier alpha value is -3.39. The third kappa shape index (κ3) is 3.73. The summed E-state index contributed by atoms with van der Waals surface area (Å²) in [7, 11) is 0. The van der Waals surface area contributed by atoms with E-state index in [9.17, 15) is 4.79 Å². The number of Topliss-reactive ketones (excluding diaryl/α,β-unsaturated/α-hetero) is 1. The van der Waals surface area contributed by atoms with Gasteiger partial charge in [-0.05, 0) is 43.5 Å². The molecule has 0 spiro atoms. The van der Waals surface area contributed by atoms with Gasteiger partial charge in [-0.3, -0.25) is 9.79 Å². The number of hydrogen-bond donors (Lipinski definition) is 1. The quantitative estimate of drug-likeness (QED) is 0.608. The van der Waals surface area contributed by atoms with Crippen LogP contribution in [0.4, 0.5) is 11.5 Å². The van der Waals surface area contributed by atoms with Crippen LogP contribution in [0.3, 0.4) is 0 Å². The van der Waals surface area contributed by atoms with Crippen LogP contribution in [0.1, 0.15) is 41.7 Å². The fourth-order valence-electron chi connectivity index (χ4n) is 3.81. The third-order valence-electron chi connectivity index (χ3n) is 5.43. The highest BCUT2D eigenvalue weighted by Crippen LogP contribution is 2.23. The number of benzene rings is 1. The molecular formula is C22H22N6O2. The number of nitrogens with zero attached hydrogens (tertiary/aromatic N) is 5. The van der Waals surface area contributed by atoms with Gasteiger partial charge >= 0.3 is 0 Å². The Morgan fingerprint density at radius 3 is 2.90 bits per heavy atom. The zero-order valence-corrected chi connectivity index (χ0v) is 16.5. The minimum absolute atomic E-state index is 0.144. The summed E-state index contributed by atoms with van der Waals surface area (Å²) in [5.74, 6) is 0.745. The lowest BCUT2D eigenvalue weighted by molar-refractivity contribution is 0.0859. The van der Waals surface area contributed by atoms with Crippen molar-refractivity contribution in [2.75, 3.05) is 18.5 Å². The number of hydrogen-bond acceptors (Lipinski definition) is 7. The average Bonchev–Trinajstić information content (AvgIpc) is 3.55. The summed E-state index contributed by atoms with van der Waals surface area (Å²) in [6.07, 6.45) is 10.8. The molecule has 0 saturated carbocycles. The van der Waals surface area contributed by atoms with Gasteiger partial charge in [-0.1, -0.05) is 6.08 Å². The number of fused-ring (bicyclic) bond motifs is 1. The molecule has 1 N–H and O–H groups in total. The lowest BCUT2D eigenvalue weighted by Gasteiger charge is -2.10. The number of ketones is 1. The number of nitrogens with one attached hydrogen (secondary N) is 1. The van der Waals surface area contributed by atoms with Crippen LogP contribution in [-0.2, 0) is 4.74 Å². The first-order chi connectivity index (χ1) is 14.8. The molecule has 8 heteroatoms. The van der Waals surface area contributed by atoms with E-state index in [-0.39, 0.29) is 11.9 Å². The van der Waals surface area contributed by atoms with Crippen LogP contribution in [0, 0.1) is 0 Å². The van der Waals surface area contributed by atoms with E-state index >= 15 is 0 Å². The van der Waals surface area contributed by atoms with Crippen LogP contribution < -0.4 is 5.32 Å².